The van der Waals surface area contributed by atoms with Crippen molar-refractivity contribution in [3.8, 4) is 0 Å². The first kappa shape index (κ1) is 57.2. The van der Waals surface area contributed by atoms with Crippen molar-refractivity contribution in [2.45, 2.75) is 244 Å². The van der Waals surface area contributed by atoms with Gasteiger partial charge in [0.05, 0.1) is 26.2 Å². The fraction of sp³-hybridized carbons (Fsp3) is 1.00. The molecule has 0 radical (unpaired) electrons. The van der Waals surface area contributed by atoms with E-state index in [4.69, 9.17) is 26.6 Å². The van der Waals surface area contributed by atoms with Crippen LogP contribution in [0.5, 0.6) is 0 Å². The van der Waals surface area contributed by atoms with E-state index in [1.54, 1.807) is 42.7 Å². The Bertz CT molecular complexity index is 720. The van der Waals surface area contributed by atoms with Crippen molar-refractivity contribution >= 4 is 17.6 Å². The Kier molecular flexibility index (Phi) is 41.6. The van der Waals surface area contributed by atoms with Crippen molar-refractivity contribution < 1.29 is 31.0 Å². The number of nitrogens with zero attached hydrogens (tertiary/aromatic N) is 1. The summed E-state index contributed by atoms with van der Waals surface area (Å²) in [6, 6.07) is 1.72. The van der Waals surface area contributed by atoms with Gasteiger partial charge in [-0.2, -0.15) is 0 Å². The highest BCUT2D eigenvalue weighted by Gasteiger charge is 2.40. The minimum atomic E-state index is -2.61. The third-order valence-corrected chi connectivity index (χ3v) is 18.7. The molecule has 0 rings (SSSR count). The normalized spacial score (nSPS) is 12.6. The summed E-state index contributed by atoms with van der Waals surface area (Å²) < 4.78 is 36.3. The summed E-state index contributed by atoms with van der Waals surface area (Å²) in [4.78, 5) is 0. The molecule has 0 aromatic carbocycles. The highest BCUT2D eigenvalue weighted by Crippen LogP contribution is 2.25. The Morgan fingerprint density at radius 2 is 0.421 bits per heavy atom. The van der Waals surface area contributed by atoms with Crippen molar-refractivity contribution in [1.29, 1.82) is 0 Å². The largest absolute Gasteiger partial charge is 0.500 e. The predicted octanol–water partition coefficient (Wildman–Crippen LogP) is 14.9. The van der Waals surface area contributed by atoms with Gasteiger partial charge in [-0.05, 0) is 25.7 Å². The molecule has 0 saturated heterocycles. The van der Waals surface area contributed by atoms with Gasteiger partial charge in [0.15, 0.2) is 0 Å². The van der Waals surface area contributed by atoms with E-state index in [0.717, 1.165) is 38.0 Å². The van der Waals surface area contributed by atoms with E-state index in [1.807, 2.05) is 0 Å². The Labute approximate surface area is 360 Å². The SMILES string of the molecule is CCCCCCCCCCCCCCCCCC[N+](CCCCCCCCCCCCCCCCCC)(CCC[Si](OC)(OC)OC)CCC[Si](OC)(OC)OC. The predicted molar refractivity (Wildman–Crippen MR) is 251 cm³/mol. The first-order valence-electron chi connectivity index (χ1n) is 25.1. The van der Waals surface area contributed by atoms with E-state index >= 15 is 0 Å². The molecule has 0 aliphatic heterocycles. The molecule has 0 aliphatic rings. The zero-order chi connectivity index (χ0) is 42.0. The van der Waals surface area contributed by atoms with Crippen LogP contribution >= 0.6 is 0 Å². The quantitative estimate of drug-likeness (QED) is 0.0345. The van der Waals surface area contributed by atoms with E-state index in [1.165, 1.54) is 223 Å². The summed E-state index contributed by atoms with van der Waals surface area (Å²) >= 11 is 0. The van der Waals surface area contributed by atoms with Gasteiger partial charge in [0.2, 0.25) is 0 Å². The molecule has 0 amide bonds. The van der Waals surface area contributed by atoms with E-state index in [0.29, 0.717) is 0 Å². The summed E-state index contributed by atoms with van der Waals surface area (Å²) in [7, 11) is 5.27. The molecule has 344 valence electrons. The third-order valence-electron chi connectivity index (χ3n) is 13.1. The zero-order valence-corrected chi connectivity index (χ0v) is 42.2. The van der Waals surface area contributed by atoms with Crippen molar-refractivity contribution in [2.24, 2.45) is 0 Å². The van der Waals surface area contributed by atoms with Gasteiger partial charge in [0.1, 0.15) is 0 Å². The first-order chi connectivity index (χ1) is 27.9. The average molecular weight is 848 g/mol. The lowest BCUT2D eigenvalue weighted by atomic mass is 10.0. The molecule has 0 spiro atoms. The standard InChI is InChI=1S/C48H104NO6Si2/c1-9-11-13-15-17-19-21-23-25-27-29-31-33-35-37-39-43-49(45-41-47-56(50-3,51-4)52-5,46-42-48-57(53-6,54-7)55-8)44-40-38-36-34-32-30-28-26-24-22-20-18-16-14-12-10-2/h9-48H2,1-8H3/q+1. The highest BCUT2D eigenvalue weighted by atomic mass is 28.4. The molecule has 57 heavy (non-hydrogen) atoms. The second kappa shape index (κ2) is 41.5. The van der Waals surface area contributed by atoms with E-state index < -0.39 is 17.6 Å². The molecule has 9 heteroatoms. The van der Waals surface area contributed by atoms with Crippen LogP contribution in [0, 0.1) is 0 Å². The molecule has 0 aromatic heterocycles. The second-order valence-corrected chi connectivity index (χ2v) is 23.8. The molecular weight excluding hydrogens is 743 g/mol. The van der Waals surface area contributed by atoms with Gasteiger partial charge in [-0.1, -0.05) is 194 Å². The van der Waals surface area contributed by atoms with Crippen LogP contribution in [-0.2, 0) is 26.6 Å². The van der Waals surface area contributed by atoms with Gasteiger partial charge in [-0.25, -0.2) is 0 Å². The maximum atomic E-state index is 5.85. The van der Waals surface area contributed by atoms with Crippen LogP contribution in [0.25, 0.3) is 0 Å². The van der Waals surface area contributed by atoms with Crippen LogP contribution < -0.4 is 0 Å². The van der Waals surface area contributed by atoms with Gasteiger partial charge in [0, 0.05) is 67.6 Å². The minimum Gasteiger partial charge on any atom is -0.377 e. The van der Waals surface area contributed by atoms with Crippen LogP contribution in [0.15, 0.2) is 0 Å². The Hall–Kier alpha value is 0.154. The number of quaternary nitrogens is 1. The van der Waals surface area contributed by atoms with Crippen molar-refractivity contribution in [3.05, 3.63) is 0 Å². The summed E-state index contributed by atoms with van der Waals surface area (Å²) in [5.41, 5.74) is 0. The van der Waals surface area contributed by atoms with Gasteiger partial charge in [-0.3, -0.25) is 0 Å². The molecular formula is C48H104NO6Si2+. The lowest BCUT2D eigenvalue weighted by Crippen LogP contribution is -2.53. The monoisotopic (exact) mass is 847 g/mol. The Morgan fingerprint density at radius 1 is 0.246 bits per heavy atom. The molecule has 0 atom stereocenters. The van der Waals surface area contributed by atoms with Crippen LogP contribution in [-0.4, -0.2) is 90.9 Å². The molecule has 0 aromatic rings. The summed E-state index contributed by atoms with van der Waals surface area (Å²) in [5, 5.41) is 0. The van der Waals surface area contributed by atoms with E-state index in [2.05, 4.69) is 13.8 Å². The highest BCUT2D eigenvalue weighted by molar-refractivity contribution is 6.60. The van der Waals surface area contributed by atoms with Crippen LogP contribution in [0.3, 0.4) is 0 Å². The smallest absolute Gasteiger partial charge is 0.377 e. The van der Waals surface area contributed by atoms with Crippen LogP contribution in [0.1, 0.15) is 232 Å². The lowest BCUT2D eigenvalue weighted by Gasteiger charge is -2.40. The molecule has 0 saturated carbocycles. The van der Waals surface area contributed by atoms with Crippen molar-refractivity contribution in [3.63, 3.8) is 0 Å². The molecule has 0 bridgehead atoms. The van der Waals surface area contributed by atoms with E-state index in [-0.39, 0.29) is 0 Å². The third kappa shape index (κ3) is 31.6. The van der Waals surface area contributed by atoms with Gasteiger partial charge in [0.25, 0.3) is 0 Å². The molecule has 7 nitrogen and oxygen atoms in total. The average Bonchev–Trinajstić information content (AvgIpc) is 3.24. The molecule has 0 aliphatic carbocycles. The first-order valence-corrected chi connectivity index (χ1v) is 28.9. The Morgan fingerprint density at radius 3 is 0.614 bits per heavy atom. The fourth-order valence-corrected chi connectivity index (χ4v) is 12.4. The van der Waals surface area contributed by atoms with Crippen LogP contribution in [0.2, 0.25) is 12.1 Å². The van der Waals surface area contributed by atoms with Crippen LogP contribution in [0.4, 0.5) is 0 Å². The zero-order valence-electron chi connectivity index (χ0n) is 40.2. The molecule has 0 unspecified atom stereocenters. The number of hydrogen-bond donors (Lipinski definition) is 0. The Balaban J connectivity index is 4.99. The summed E-state index contributed by atoms with van der Waals surface area (Å²) in [6.07, 6.45) is 47.2. The summed E-state index contributed by atoms with van der Waals surface area (Å²) in [5.74, 6) is 0. The maximum Gasteiger partial charge on any atom is 0.500 e. The summed E-state index contributed by atoms with van der Waals surface area (Å²) in [6.45, 7) is 9.40. The lowest BCUT2D eigenvalue weighted by molar-refractivity contribution is -0.928. The van der Waals surface area contributed by atoms with Gasteiger partial charge >= 0.3 is 17.6 Å². The van der Waals surface area contributed by atoms with Gasteiger partial charge < -0.3 is 31.0 Å². The second-order valence-electron chi connectivity index (χ2n) is 17.6. The van der Waals surface area contributed by atoms with Crippen molar-refractivity contribution in [2.75, 3.05) is 68.8 Å². The van der Waals surface area contributed by atoms with Crippen molar-refractivity contribution in [1.82, 2.24) is 0 Å². The van der Waals surface area contributed by atoms with E-state index in [9.17, 15) is 0 Å². The fourth-order valence-electron chi connectivity index (χ4n) is 9.04. The van der Waals surface area contributed by atoms with Gasteiger partial charge in [-0.15, -0.1) is 0 Å². The maximum absolute atomic E-state index is 5.85. The number of rotatable bonds is 48. The molecule has 0 N–H and O–H groups in total. The molecule has 0 fully saturated rings. The topological polar surface area (TPSA) is 55.4 Å². The minimum absolute atomic E-state index is 0.862. The number of hydrogen-bond acceptors (Lipinski definition) is 6. The molecule has 0 heterocycles. The number of unbranched alkanes of at least 4 members (excludes halogenated alkanes) is 30.